The van der Waals surface area contributed by atoms with Crippen molar-refractivity contribution in [3.63, 3.8) is 0 Å². The average Bonchev–Trinajstić information content (AvgIpc) is 2.05. The highest BCUT2D eigenvalue weighted by atomic mass is 16.1. The van der Waals surface area contributed by atoms with Crippen LogP contribution >= 0.6 is 0 Å². The third-order valence-electron chi connectivity index (χ3n) is 1.69. The quantitative estimate of drug-likeness (QED) is 0.620. The van der Waals surface area contributed by atoms with Gasteiger partial charge in [0.2, 0.25) is 0 Å². The van der Waals surface area contributed by atoms with Crippen molar-refractivity contribution in [2.24, 2.45) is 0 Å². The van der Waals surface area contributed by atoms with Gasteiger partial charge < -0.3 is 0 Å². The number of nitrogens with zero attached hydrogens (tertiary/aromatic N) is 1. The lowest BCUT2D eigenvalue weighted by atomic mass is 10.0. The van der Waals surface area contributed by atoms with E-state index in [1.807, 2.05) is 25.1 Å². The molecule has 0 amide bonds. The van der Waals surface area contributed by atoms with Gasteiger partial charge in [0.15, 0.2) is 5.78 Å². The lowest BCUT2D eigenvalue weighted by molar-refractivity contribution is 0.0997. The Bertz CT molecular complexity index is 336. The van der Waals surface area contributed by atoms with E-state index in [0.29, 0.717) is 5.56 Å². The minimum absolute atomic E-state index is 0.0369. The maximum absolute atomic E-state index is 11.2. The van der Waals surface area contributed by atoms with Crippen molar-refractivity contribution in [2.45, 2.75) is 13.3 Å². The minimum Gasteiger partial charge on any atom is -0.293 e. The Morgan fingerprint density at radius 1 is 1.50 bits per heavy atom. The number of aryl methyl sites for hydroxylation is 1. The van der Waals surface area contributed by atoms with Gasteiger partial charge in [-0.2, -0.15) is 5.26 Å². The Morgan fingerprint density at radius 3 is 2.75 bits per heavy atom. The second kappa shape index (κ2) is 3.68. The Balaban J connectivity index is 2.97. The van der Waals surface area contributed by atoms with Crippen LogP contribution in [0.5, 0.6) is 0 Å². The number of rotatable bonds is 2. The average molecular weight is 159 g/mol. The van der Waals surface area contributed by atoms with E-state index in [1.165, 1.54) is 0 Å². The predicted molar refractivity (Wildman–Crippen MR) is 45.7 cm³/mol. The second-order valence-corrected chi connectivity index (χ2v) is 2.57. The van der Waals surface area contributed by atoms with Crippen LogP contribution in [-0.4, -0.2) is 5.78 Å². The van der Waals surface area contributed by atoms with Gasteiger partial charge in [-0.1, -0.05) is 24.3 Å². The number of hydrogen-bond acceptors (Lipinski definition) is 2. The molecule has 0 saturated carbocycles. The first-order valence-electron chi connectivity index (χ1n) is 3.71. The fourth-order valence-electron chi connectivity index (χ4n) is 1.05. The summed E-state index contributed by atoms with van der Waals surface area (Å²) in [4.78, 5) is 11.2. The van der Waals surface area contributed by atoms with Gasteiger partial charge in [-0.25, -0.2) is 0 Å². The zero-order valence-electron chi connectivity index (χ0n) is 6.87. The molecule has 0 fully saturated rings. The second-order valence-electron chi connectivity index (χ2n) is 2.57. The van der Waals surface area contributed by atoms with E-state index >= 15 is 0 Å². The summed E-state index contributed by atoms with van der Waals surface area (Å²) >= 11 is 0. The van der Waals surface area contributed by atoms with Crippen LogP contribution in [0.4, 0.5) is 0 Å². The highest BCUT2D eigenvalue weighted by molar-refractivity contribution is 5.98. The molecule has 0 aliphatic rings. The molecule has 0 atom stereocenters. The lowest BCUT2D eigenvalue weighted by Crippen LogP contribution is -1.99. The van der Waals surface area contributed by atoms with Crippen LogP contribution in [0.2, 0.25) is 0 Å². The smallest absolute Gasteiger partial charge is 0.177 e. The zero-order valence-corrected chi connectivity index (χ0v) is 6.87. The molecule has 0 saturated heterocycles. The first kappa shape index (κ1) is 8.48. The predicted octanol–water partition coefficient (Wildman–Crippen LogP) is 2.09. The molecule has 0 aromatic heterocycles. The Kier molecular flexibility index (Phi) is 2.60. The van der Waals surface area contributed by atoms with E-state index in [4.69, 9.17) is 5.26 Å². The van der Waals surface area contributed by atoms with Gasteiger partial charge in [0.25, 0.3) is 0 Å². The van der Waals surface area contributed by atoms with Crippen LogP contribution in [0.15, 0.2) is 24.3 Å². The van der Waals surface area contributed by atoms with Gasteiger partial charge in [0.1, 0.15) is 0 Å². The van der Waals surface area contributed by atoms with Crippen molar-refractivity contribution >= 4 is 5.78 Å². The number of nitriles is 1. The molecule has 1 aromatic carbocycles. The summed E-state index contributed by atoms with van der Waals surface area (Å²) in [6, 6.07) is 9.13. The molecule has 0 radical (unpaired) electrons. The SMILES string of the molecule is Cc1ccccc1C(=O)CC#N. The van der Waals surface area contributed by atoms with Crippen molar-refractivity contribution in [3.05, 3.63) is 35.4 Å². The van der Waals surface area contributed by atoms with Crippen LogP contribution < -0.4 is 0 Å². The van der Waals surface area contributed by atoms with Gasteiger partial charge in [0, 0.05) is 5.56 Å². The molecule has 0 bridgehead atoms. The maximum Gasteiger partial charge on any atom is 0.177 e. The summed E-state index contributed by atoms with van der Waals surface area (Å²) in [7, 11) is 0. The molecule has 1 rings (SSSR count). The monoisotopic (exact) mass is 159 g/mol. The van der Waals surface area contributed by atoms with Crippen LogP contribution in [0.1, 0.15) is 22.3 Å². The normalized spacial score (nSPS) is 9.00. The molecule has 0 unspecified atom stereocenters. The van der Waals surface area contributed by atoms with Crippen LogP contribution in [0, 0.1) is 18.3 Å². The summed E-state index contributed by atoms with van der Waals surface area (Å²) in [5, 5.41) is 8.32. The number of ketones is 1. The van der Waals surface area contributed by atoms with Crippen molar-refractivity contribution in [1.29, 1.82) is 5.26 Å². The third-order valence-corrected chi connectivity index (χ3v) is 1.69. The molecule has 0 spiro atoms. The summed E-state index contributed by atoms with van der Waals surface area (Å²) in [5.41, 5.74) is 1.58. The van der Waals surface area contributed by atoms with Crippen molar-refractivity contribution in [1.82, 2.24) is 0 Å². The van der Waals surface area contributed by atoms with E-state index in [0.717, 1.165) is 5.56 Å². The molecule has 60 valence electrons. The highest BCUT2D eigenvalue weighted by Gasteiger charge is 2.06. The third kappa shape index (κ3) is 1.70. The molecular weight excluding hydrogens is 150 g/mol. The number of carbonyl (C=O) groups excluding carboxylic acids is 1. The first-order valence-corrected chi connectivity index (χ1v) is 3.71. The minimum atomic E-state index is -0.101. The van der Waals surface area contributed by atoms with Crippen molar-refractivity contribution in [3.8, 4) is 6.07 Å². The van der Waals surface area contributed by atoms with Crippen LogP contribution in [0.25, 0.3) is 0 Å². The molecular formula is C10H9NO. The molecule has 0 heterocycles. The lowest BCUT2D eigenvalue weighted by Gasteiger charge is -1.99. The fraction of sp³-hybridized carbons (Fsp3) is 0.200. The molecule has 2 heteroatoms. The molecule has 0 aliphatic heterocycles. The number of hydrogen-bond donors (Lipinski definition) is 0. The maximum atomic E-state index is 11.2. The van der Waals surface area contributed by atoms with E-state index < -0.39 is 0 Å². The van der Waals surface area contributed by atoms with Crippen molar-refractivity contribution < 1.29 is 4.79 Å². The van der Waals surface area contributed by atoms with Gasteiger partial charge in [0.05, 0.1) is 12.5 Å². The summed E-state index contributed by atoms with van der Waals surface area (Å²) in [6.45, 7) is 1.87. The van der Waals surface area contributed by atoms with E-state index in [-0.39, 0.29) is 12.2 Å². The van der Waals surface area contributed by atoms with Gasteiger partial charge >= 0.3 is 0 Å². The number of Topliss-reactive ketones (excluding diaryl/α,β-unsaturated/α-hetero) is 1. The molecule has 2 nitrogen and oxygen atoms in total. The summed E-state index contributed by atoms with van der Waals surface area (Å²) < 4.78 is 0. The Hall–Kier alpha value is -1.62. The summed E-state index contributed by atoms with van der Waals surface area (Å²) in [5.74, 6) is -0.101. The highest BCUT2D eigenvalue weighted by Crippen LogP contribution is 2.08. The molecule has 12 heavy (non-hydrogen) atoms. The zero-order chi connectivity index (χ0) is 8.97. The number of benzene rings is 1. The number of carbonyl (C=O) groups is 1. The first-order chi connectivity index (χ1) is 5.75. The van der Waals surface area contributed by atoms with E-state index in [1.54, 1.807) is 12.1 Å². The fourth-order valence-corrected chi connectivity index (χ4v) is 1.05. The van der Waals surface area contributed by atoms with Gasteiger partial charge in [-0.05, 0) is 12.5 Å². The molecule has 0 N–H and O–H groups in total. The van der Waals surface area contributed by atoms with Gasteiger partial charge in [-0.3, -0.25) is 4.79 Å². The van der Waals surface area contributed by atoms with E-state index in [9.17, 15) is 4.79 Å². The van der Waals surface area contributed by atoms with Crippen LogP contribution in [0.3, 0.4) is 0 Å². The molecule has 1 aromatic rings. The van der Waals surface area contributed by atoms with Crippen molar-refractivity contribution in [2.75, 3.05) is 0 Å². The standard InChI is InChI=1S/C10H9NO/c1-8-4-2-3-5-9(8)10(12)6-7-11/h2-5H,6H2,1H3. The Labute approximate surface area is 71.4 Å². The molecule has 0 aliphatic carbocycles. The topological polar surface area (TPSA) is 40.9 Å². The van der Waals surface area contributed by atoms with Gasteiger partial charge in [-0.15, -0.1) is 0 Å². The van der Waals surface area contributed by atoms with Crippen LogP contribution in [-0.2, 0) is 0 Å². The summed E-state index contributed by atoms with van der Waals surface area (Å²) in [6.07, 6.45) is -0.0369. The van der Waals surface area contributed by atoms with E-state index in [2.05, 4.69) is 0 Å². The largest absolute Gasteiger partial charge is 0.293 e. The Morgan fingerprint density at radius 2 is 2.17 bits per heavy atom.